The number of terminal acetylenes is 1. The minimum absolute atomic E-state index is 0.388. The van der Waals surface area contributed by atoms with E-state index in [1.54, 1.807) is 0 Å². The van der Waals surface area contributed by atoms with Crippen molar-refractivity contribution in [1.82, 2.24) is 15.5 Å². The molecule has 0 aliphatic rings. The van der Waals surface area contributed by atoms with Crippen LogP contribution in [0.2, 0.25) is 0 Å². The van der Waals surface area contributed by atoms with Gasteiger partial charge in [-0.05, 0) is 26.0 Å². The molecule has 0 radical (unpaired) electrons. The second kappa shape index (κ2) is 5.03. The summed E-state index contributed by atoms with van der Waals surface area (Å²) in [6.45, 7) is 4.29. The SMILES string of the molecule is C#CC(C)(C)NCc1nnc(-c2ccccc2)o1. The van der Waals surface area contributed by atoms with Crippen molar-refractivity contribution in [1.29, 1.82) is 0 Å². The van der Waals surface area contributed by atoms with Crippen LogP contribution in [0.1, 0.15) is 19.7 Å². The van der Waals surface area contributed by atoms with Gasteiger partial charge in [0.2, 0.25) is 11.8 Å². The molecule has 2 rings (SSSR count). The molecule has 4 nitrogen and oxygen atoms in total. The summed E-state index contributed by atoms with van der Waals surface area (Å²) in [4.78, 5) is 0. The average Bonchev–Trinajstić information content (AvgIpc) is 2.86. The highest BCUT2D eigenvalue weighted by molar-refractivity contribution is 5.51. The number of nitrogens with zero attached hydrogens (tertiary/aromatic N) is 2. The number of hydrogen-bond donors (Lipinski definition) is 1. The number of aromatic nitrogens is 2. The Balaban J connectivity index is 2.06. The topological polar surface area (TPSA) is 51.0 Å². The van der Waals surface area contributed by atoms with Gasteiger partial charge in [-0.15, -0.1) is 16.6 Å². The molecule has 0 fully saturated rings. The van der Waals surface area contributed by atoms with Crippen molar-refractivity contribution in [3.63, 3.8) is 0 Å². The summed E-state index contributed by atoms with van der Waals surface area (Å²) in [7, 11) is 0. The lowest BCUT2D eigenvalue weighted by molar-refractivity contribution is 0.422. The predicted molar refractivity (Wildman–Crippen MR) is 69.5 cm³/mol. The van der Waals surface area contributed by atoms with Gasteiger partial charge in [-0.1, -0.05) is 24.1 Å². The van der Waals surface area contributed by atoms with Crippen LogP contribution >= 0.6 is 0 Å². The monoisotopic (exact) mass is 241 g/mol. The van der Waals surface area contributed by atoms with Crippen molar-refractivity contribution in [2.45, 2.75) is 25.9 Å². The molecule has 1 N–H and O–H groups in total. The summed E-state index contributed by atoms with van der Waals surface area (Å²) < 4.78 is 5.56. The third-order valence-corrected chi connectivity index (χ3v) is 2.53. The van der Waals surface area contributed by atoms with Crippen LogP contribution in [0, 0.1) is 12.3 Å². The van der Waals surface area contributed by atoms with E-state index in [9.17, 15) is 0 Å². The molecule has 0 bridgehead atoms. The lowest BCUT2D eigenvalue weighted by atomic mass is 10.1. The Labute approximate surface area is 106 Å². The van der Waals surface area contributed by atoms with Gasteiger partial charge in [-0.3, -0.25) is 5.32 Å². The molecule has 92 valence electrons. The van der Waals surface area contributed by atoms with Crippen molar-refractivity contribution in [3.05, 3.63) is 36.2 Å². The Morgan fingerprint density at radius 2 is 2.00 bits per heavy atom. The summed E-state index contributed by atoms with van der Waals surface area (Å²) in [5.74, 6) is 3.69. The maximum atomic E-state index is 5.56. The Morgan fingerprint density at radius 3 is 2.67 bits per heavy atom. The van der Waals surface area contributed by atoms with E-state index in [0.29, 0.717) is 18.3 Å². The van der Waals surface area contributed by atoms with Crippen LogP contribution in [0.3, 0.4) is 0 Å². The highest BCUT2D eigenvalue weighted by Crippen LogP contribution is 2.17. The van der Waals surface area contributed by atoms with E-state index >= 15 is 0 Å². The first kappa shape index (κ1) is 12.3. The van der Waals surface area contributed by atoms with Crippen LogP contribution in [-0.2, 0) is 6.54 Å². The van der Waals surface area contributed by atoms with Crippen molar-refractivity contribution < 1.29 is 4.42 Å². The highest BCUT2D eigenvalue weighted by atomic mass is 16.4. The molecule has 0 amide bonds. The van der Waals surface area contributed by atoms with E-state index in [2.05, 4.69) is 21.4 Å². The molecular formula is C14H15N3O. The normalized spacial score (nSPS) is 11.2. The maximum Gasteiger partial charge on any atom is 0.247 e. The fourth-order valence-electron chi connectivity index (χ4n) is 1.37. The molecular weight excluding hydrogens is 226 g/mol. The zero-order valence-electron chi connectivity index (χ0n) is 10.5. The van der Waals surface area contributed by atoms with Gasteiger partial charge in [0.15, 0.2) is 0 Å². The molecule has 0 aliphatic heterocycles. The molecule has 4 heteroatoms. The Kier molecular flexibility index (Phi) is 3.45. The van der Waals surface area contributed by atoms with Gasteiger partial charge in [-0.25, -0.2) is 0 Å². The van der Waals surface area contributed by atoms with E-state index in [1.807, 2.05) is 44.2 Å². The Morgan fingerprint density at radius 1 is 1.28 bits per heavy atom. The zero-order valence-corrected chi connectivity index (χ0v) is 10.5. The Bertz CT molecular complexity index is 552. The molecule has 0 unspecified atom stereocenters. The van der Waals surface area contributed by atoms with Crippen LogP contribution < -0.4 is 5.32 Å². The molecule has 0 saturated heterocycles. The Hall–Kier alpha value is -2.12. The first-order chi connectivity index (χ1) is 8.61. The summed E-state index contributed by atoms with van der Waals surface area (Å²) in [5, 5.41) is 11.1. The van der Waals surface area contributed by atoms with Crippen LogP contribution in [0.4, 0.5) is 0 Å². The fraction of sp³-hybridized carbons (Fsp3) is 0.286. The molecule has 0 atom stereocenters. The predicted octanol–water partition coefficient (Wildman–Crippen LogP) is 2.24. The van der Waals surface area contributed by atoms with Gasteiger partial charge in [0.1, 0.15) is 0 Å². The van der Waals surface area contributed by atoms with Gasteiger partial charge in [0, 0.05) is 5.56 Å². The number of benzene rings is 1. The quantitative estimate of drug-likeness (QED) is 0.834. The van der Waals surface area contributed by atoms with E-state index in [4.69, 9.17) is 10.8 Å². The van der Waals surface area contributed by atoms with Crippen molar-refractivity contribution in [2.75, 3.05) is 0 Å². The second-order valence-corrected chi connectivity index (χ2v) is 4.49. The average molecular weight is 241 g/mol. The molecule has 1 aromatic heterocycles. The largest absolute Gasteiger partial charge is 0.419 e. The van der Waals surface area contributed by atoms with Gasteiger partial charge >= 0.3 is 0 Å². The molecule has 0 saturated carbocycles. The third-order valence-electron chi connectivity index (χ3n) is 2.53. The second-order valence-electron chi connectivity index (χ2n) is 4.49. The van der Waals surface area contributed by atoms with Crippen molar-refractivity contribution >= 4 is 0 Å². The van der Waals surface area contributed by atoms with Crippen LogP contribution in [-0.4, -0.2) is 15.7 Å². The van der Waals surface area contributed by atoms with Crippen molar-refractivity contribution in [3.8, 4) is 23.8 Å². The van der Waals surface area contributed by atoms with Gasteiger partial charge < -0.3 is 4.42 Å². The number of rotatable bonds is 4. The van der Waals surface area contributed by atoms with Crippen LogP contribution in [0.25, 0.3) is 11.5 Å². The van der Waals surface area contributed by atoms with E-state index in [0.717, 1.165) is 5.56 Å². The van der Waals surface area contributed by atoms with E-state index in [-0.39, 0.29) is 5.54 Å². The van der Waals surface area contributed by atoms with E-state index < -0.39 is 0 Å². The van der Waals surface area contributed by atoms with Crippen LogP contribution in [0.15, 0.2) is 34.7 Å². The van der Waals surface area contributed by atoms with Gasteiger partial charge in [-0.2, -0.15) is 0 Å². The van der Waals surface area contributed by atoms with E-state index in [1.165, 1.54) is 0 Å². The maximum absolute atomic E-state index is 5.56. The highest BCUT2D eigenvalue weighted by Gasteiger charge is 2.15. The smallest absolute Gasteiger partial charge is 0.247 e. The lowest BCUT2D eigenvalue weighted by Gasteiger charge is -2.17. The summed E-state index contributed by atoms with van der Waals surface area (Å²) in [5.41, 5.74) is 0.522. The minimum atomic E-state index is -0.388. The first-order valence-corrected chi connectivity index (χ1v) is 5.71. The molecule has 0 spiro atoms. The molecule has 2 aromatic rings. The summed E-state index contributed by atoms with van der Waals surface area (Å²) >= 11 is 0. The fourth-order valence-corrected chi connectivity index (χ4v) is 1.37. The lowest BCUT2D eigenvalue weighted by Crippen LogP contribution is -2.37. The van der Waals surface area contributed by atoms with Crippen LogP contribution in [0.5, 0.6) is 0 Å². The van der Waals surface area contributed by atoms with Crippen molar-refractivity contribution in [2.24, 2.45) is 0 Å². The summed E-state index contributed by atoms with van der Waals surface area (Å²) in [6.07, 6.45) is 5.39. The minimum Gasteiger partial charge on any atom is -0.419 e. The van der Waals surface area contributed by atoms with Gasteiger partial charge in [0.05, 0.1) is 12.1 Å². The molecule has 18 heavy (non-hydrogen) atoms. The molecule has 1 heterocycles. The standard InChI is InChI=1S/C14H15N3O/c1-4-14(2,3)15-10-12-16-17-13(18-12)11-8-6-5-7-9-11/h1,5-9,15H,10H2,2-3H3. The van der Waals surface area contributed by atoms with Gasteiger partial charge in [0.25, 0.3) is 0 Å². The number of nitrogens with one attached hydrogen (secondary N) is 1. The zero-order chi connectivity index (χ0) is 13.0. The molecule has 1 aromatic carbocycles. The number of hydrogen-bond acceptors (Lipinski definition) is 4. The third kappa shape index (κ3) is 2.96. The molecule has 0 aliphatic carbocycles. The summed E-state index contributed by atoms with van der Waals surface area (Å²) in [6, 6.07) is 9.65. The first-order valence-electron chi connectivity index (χ1n) is 5.71.